The van der Waals surface area contributed by atoms with Crippen LogP contribution in [-0.2, 0) is 11.3 Å². The second-order valence-electron chi connectivity index (χ2n) is 8.17. The van der Waals surface area contributed by atoms with Crippen LogP contribution >= 0.6 is 11.3 Å². The van der Waals surface area contributed by atoms with Crippen LogP contribution < -0.4 is 10.2 Å². The van der Waals surface area contributed by atoms with E-state index >= 15 is 0 Å². The number of aromatic nitrogens is 3. The standard InChI is InChI=1S/C23H26N6OS/c1-2-18(17-4-5-25-19(17)3-1)22-26-20-14-16(15-28-8-6-24-7-9-28)31-21(20)23(27-22)29-10-12-30-13-11-29/h1-5,14,24-25H,6-13,15H2. The molecule has 2 saturated heterocycles. The number of aromatic amines is 1. The number of piperazine rings is 1. The first kappa shape index (κ1) is 19.2. The highest BCUT2D eigenvalue weighted by Gasteiger charge is 2.21. The highest BCUT2D eigenvalue weighted by atomic mass is 32.1. The Hall–Kier alpha value is -2.52. The molecular formula is C23H26N6OS. The highest BCUT2D eigenvalue weighted by Crippen LogP contribution is 2.36. The Morgan fingerprint density at radius 1 is 1.03 bits per heavy atom. The molecule has 0 atom stereocenters. The zero-order valence-corrected chi connectivity index (χ0v) is 18.2. The maximum absolute atomic E-state index is 5.60. The lowest BCUT2D eigenvalue weighted by molar-refractivity contribution is 0.122. The second kappa shape index (κ2) is 8.20. The van der Waals surface area contributed by atoms with Crippen molar-refractivity contribution in [1.82, 2.24) is 25.2 Å². The van der Waals surface area contributed by atoms with E-state index in [0.717, 1.165) is 92.7 Å². The van der Waals surface area contributed by atoms with E-state index in [9.17, 15) is 0 Å². The topological polar surface area (TPSA) is 69.3 Å². The number of hydrogen-bond acceptors (Lipinski definition) is 7. The fraction of sp³-hybridized carbons (Fsp3) is 0.391. The monoisotopic (exact) mass is 434 g/mol. The minimum atomic E-state index is 0.743. The van der Waals surface area contributed by atoms with Gasteiger partial charge in [0.2, 0.25) is 0 Å². The van der Waals surface area contributed by atoms with Crippen LogP contribution in [0.5, 0.6) is 0 Å². The molecular weight excluding hydrogens is 408 g/mol. The molecule has 2 aliphatic heterocycles. The third-order valence-electron chi connectivity index (χ3n) is 6.14. The number of thiophene rings is 1. The lowest BCUT2D eigenvalue weighted by Gasteiger charge is -2.28. The molecule has 0 aliphatic carbocycles. The molecule has 31 heavy (non-hydrogen) atoms. The number of H-pyrrole nitrogens is 1. The fourth-order valence-electron chi connectivity index (χ4n) is 4.52. The molecule has 0 radical (unpaired) electrons. The van der Waals surface area contributed by atoms with Gasteiger partial charge in [-0.3, -0.25) is 4.90 Å². The van der Waals surface area contributed by atoms with Crippen molar-refractivity contribution in [2.75, 3.05) is 57.4 Å². The van der Waals surface area contributed by atoms with Crippen LogP contribution in [0, 0.1) is 0 Å². The second-order valence-corrected chi connectivity index (χ2v) is 9.30. The van der Waals surface area contributed by atoms with Crippen molar-refractivity contribution >= 4 is 38.3 Å². The molecule has 0 amide bonds. The summed E-state index contributed by atoms with van der Waals surface area (Å²) in [6.45, 7) is 8.52. The molecule has 3 aromatic heterocycles. The molecule has 2 fully saturated rings. The summed E-state index contributed by atoms with van der Waals surface area (Å²) < 4.78 is 6.79. The molecule has 0 unspecified atom stereocenters. The van der Waals surface area contributed by atoms with E-state index in [4.69, 9.17) is 14.7 Å². The van der Waals surface area contributed by atoms with E-state index in [0.29, 0.717) is 0 Å². The Labute approximate surface area is 185 Å². The molecule has 0 spiro atoms. The SMILES string of the molecule is c1cc(-c2nc(N3CCOCC3)c3sc(CN4CCNCC4)cc3n2)c2cc[nH]c2c1. The van der Waals surface area contributed by atoms with Crippen LogP contribution in [0.1, 0.15) is 4.88 Å². The molecule has 0 bridgehead atoms. The first-order valence-corrected chi connectivity index (χ1v) is 11.8. The van der Waals surface area contributed by atoms with Crippen molar-refractivity contribution in [3.05, 3.63) is 41.4 Å². The summed E-state index contributed by atoms with van der Waals surface area (Å²) in [6.07, 6.45) is 1.98. The van der Waals surface area contributed by atoms with Crippen LogP contribution in [0.2, 0.25) is 0 Å². The summed E-state index contributed by atoms with van der Waals surface area (Å²) in [4.78, 5) is 19.7. The minimum Gasteiger partial charge on any atom is -0.378 e. The van der Waals surface area contributed by atoms with Gasteiger partial charge in [-0.2, -0.15) is 0 Å². The van der Waals surface area contributed by atoms with Crippen LogP contribution in [0.25, 0.3) is 32.5 Å². The number of ether oxygens (including phenoxy) is 1. The summed E-state index contributed by atoms with van der Waals surface area (Å²) in [7, 11) is 0. The Morgan fingerprint density at radius 3 is 2.77 bits per heavy atom. The van der Waals surface area contributed by atoms with Gasteiger partial charge in [-0.05, 0) is 18.2 Å². The van der Waals surface area contributed by atoms with Gasteiger partial charge in [0.1, 0.15) is 0 Å². The molecule has 2 N–H and O–H groups in total. The summed E-state index contributed by atoms with van der Waals surface area (Å²) in [5, 5.41) is 4.59. The first-order valence-electron chi connectivity index (χ1n) is 11.0. The average molecular weight is 435 g/mol. The van der Waals surface area contributed by atoms with Crippen LogP contribution in [0.4, 0.5) is 5.82 Å². The van der Waals surface area contributed by atoms with Gasteiger partial charge in [0.05, 0.1) is 23.4 Å². The predicted molar refractivity (Wildman–Crippen MR) is 126 cm³/mol. The van der Waals surface area contributed by atoms with Crippen molar-refractivity contribution in [3.8, 4) is 11.4 Å². The van der Waals surface area contributed by atoms with Crippen LogP contribution in [-0.4, -0.2) is 72.3 Å². The zero-order chi connectivity index (χ0) is 20.6. The maximum atomic E-state index is 5.60. The van der Waals surface area contributed by atoms with Crippen molar-refractivity contribution in [2.45, 2.75) is 6.54 Å². The van der Waals surface area contributed by atoms with Gasteiger partial charge in [-0.15, -0.1) is 11.3 Å². The van der Waals surface area contributed by atoms with Crippen LogP contribution in [0.3, 0.4) is 0 Å². The van der Waals surface area contributed by atoms with E-state index in [1.54, 1.807) is 0 Å². The number of morpholine rings is 1. The van der Waals surface area contributed by atoms with E-state index < -0.39 is 0 Å². The lowest BCUT2D eigenvalue weighted by atomic mass is 10.1. The Balaban J connectivity index is 1.46. The number of nitrogens with zero attached hydrogens (tertiary/aromatic N) is 4. The van der Waals surface area contributed by atoms with Crippen molar-refractivity contribution in [1.29, 1.82) is 0 Å². The lowest BCUT2D eigenvalue weighted by Crippen LogP contribution is -2.42. The molecule has 4 aromatic rings. The van der Waals surface area contributed by atoms with E-state index in [1.165, 1.54) is 9.58 Å². The smallest absolute Gasteiger partial charge is 0.162 e. The Bertz CT molecular complexity index is 1210. The Kier molecular flexibility index (Phi) is 5.07. The molecule has 5 heterocycles. The van der Waals surface area contributed by atoms with Gasteiger partial charge < -0.3 is 19.9 Å². The average Bonchev–Trinajstić information content (AvgIpc) is 3.46. The number of nitrogens with one attached hydrogen (secondary N) is 2. The van der Waals surface area contributed by atoms with Crippen molar-refractivity contribution in [3.63, 3.8) is 0 Å². The van der Waals surface area contributed by atoms with E-state index in [1.807, 2.05) is 17.5 Å². The zero-order valence-electron chi connectivity index (χ0n) is 17.4. The number of benzene rings is 1. The third-order valence-corrected chi connectivity index (χ3v) is 7.25. The van der Waals surface area contributed by atoms with Gasteiger partial charge in [-0.1, -0.05) is 12.1 Å². The number of fused-ring (bicyclic) bond motifs is 2. The fourth-order valence-corrected chi connectivity index (χ4v) is 5.68. The minimum absolute atomic E-state index is 0.743. The number of hydrogen-bond donors (Lipinski definition) is 2. The van der Waals surface area contributed by atoms with Gasteiger partial charge >= 0.3 is 0 Å². The molecule has 7 nitrogen and oxygen atoms in total. The largest absolute Gasteiger partial charge is 0.378 e. The molecule has 2 aliphatic rings. The summed E-state index contributed by atoms with van der Waals surface area (Å²) in [5.41, 5.74) is 3.23. The number of rotatable bonds is 4. The van der Waals surface area contributed by atoms with Crippen LogP contribution in [0.15, 0.2) is 36.5 Å². The normalized spacial score (nSPS) is 18.3. The molecule has 8 heteroatoms. The van der Waals surface area contributed by atoms with Gasteiger partial charge in [-0.25, -0.2) is 9.97 Å². The summed E-state index contributed by atoms with van der Waals surface area (Å²) in [6, 6.07) is 10.7. The molecule has 6 rings (SSSR count). The third kappa shape index (κ3) is 3.70. The summed E-state index contributed by atoms with van der Waals surface area (Å²) in [5.74, 6) is 1.85. The van der Waals surface area contributed by atoms with E-state index in [-0.39, 0.29) is 0 Å². The number of anilines is 1. The van der Waals surface area contributed by atoms with E-state index in [2.05, 4.69) is 50.4 Å². The molecule has 1 aromatic carbocycles. The van der Waals surface area contributed by atoms with Crippen molar-refractivity contribution in [2.24, 2.45) is 0 Å². The van der Waals surface area contributed by atoms with Gasteiger partial charge in [0.15, 0.2) is 11.6 Å². The summed E-state index contributed by atoms with van der Waals surface area (Å²) >= 11 is 1.84. The maximum Gasteiger partial charge on any atom is 0.162 e. The van der Waals surface area contributed by atoms with Gasteiger partial charge in [0, 0.05) is 73.4 Å². The Morgan fingerprint density at radius 2 is 1.90 bits per heavy atom. The highest BCUT2D eigenvalue weighted by molar-refractivity contribution is 7.19. The van der Waals surface area contributed by atoms with Gasteiger partial charge in [0.25, 0.3) is 0 Å². The van der Waals surface area contributed by atoms with Crippen molar-refractivity contribution < 1.29 is 4.74 Å². The predicted octanol–water partition coefficient (Wildman–Crippen LogP) is 3.08. The molecule has 160 valence electrons. The first-order chi connectivity index (χ1) is 15.3. The quantitative estimate of drug-likeness (QED) is 0.515. The molecule has 0 saturated carbocycles.